The van der Waals surface area contributed by atoms with Crippen LogP contribution in [-0.2, 0) is 33.3 Å². The van der Waals surface area contributed by atoms with Gasteiger partial charge in [-0.1, -0.05) is 53.2 Å². The highest BCUT2D eigenvalue weighted by molar-refractivity contribution is 5.77. The van der Waals surface area contributed by atoms with Crippen molar-refractivity contribution in [2.24, 2.45) is 50.7 Å². The molecule has 14 nitrogen and oxygen atoms in total. The molecule has 7 aliphatic rings. The van der Waals surface area contributed by atoms with Gasteiger partial charge in [-0.3, -0.25) is 4.79 Å². The molecule has 318 valence electrons. The molecule has 0 spiro atoms. The average molecular weight is 795 g/mol. The zero-order chi connectivity index (χ0) is 41.1. The van der Waals surface area contributed by atoms with Gasteiger partial charge in [-0.2, -0.15) is 0 Å². The van der Waals surface area contributed by atoms with Gasteiger partial charge >= 0.3 is 11.9 Å². The number of rotatable bonds is 6. The normalized spacial score (nSPS) is 54.0. The van der Waals surface area contributed by atoms with Gasteiger partial charge in [0.15, 0.2) is 18.7 Å². The van der Waals surface area contributed by atoms with Crippen molar-refractivity contribution in [1.82, 2.24) is 0 Å². The first kappa shape index (κ1) is 42.4. The van der Waals surface area contributed by atoms with Crippen molar-refractivity contribution in [2.75, 3.05) is 13.7 Å². The highest BCUT2D eigenvalue weighted by Gasteiger charge is 2.71. The summed E-state index contributed by atoms with van der Waals surface area (Å²) in [6.45, 7) is 15.0. The van der Waals surface area contributed by atoms with Crippen molar-refractivity contribution in [3.63, 3.8) is 0 Å². The maximum absolute atomic E-state index is 13.1. The van der Waals surface area contributed by atoms with E-state index < -0.39 is 95.7 Å². The lowest BCUT2D eigenvalue weighted by atomic mass is 9.33. The summed E-state index contributed by atoms with van der Waals surface area (Å²) in [6, 6.07) is 0. The molecule has 19 atom stereocenters. The van der Waals surface area contributed by atoms with Gasteiger partial charge in [0.05, 0.1) is 30.8 Å². The Kier molecular flexibility index (Phi) is 10.8. The predicted octanol–water partition coefficient (Wildman–Crippen LogP) is 2.67. The Labute approximate surface area is 329 Å². The number of aliphatic hydroxyl groups excluding tert-OH is 5. The minimum atomic E-state index is -1.77. The Hall–Kier alpha value is -1.72. The number of carbonyl (C=O) groups excluding carboxylic acids is 1. The van der Waals surface area contributed by atoms with Gasteiger partial charge in [0.1, 0.15) is 36.6 Å². The topological polar surface area (TPSA) is 222 Å². The summed E-state index contributed by atoms with van der Waals surface area (Å²) in [7, 11) is 1.14. The average Bonchev–Trinajstić information content (AvgIpc) is 3.13. The standard InChI is InChI=1S/C42H66O14/c1-20-11-16-42(36(49)50)18-17-39(5)21(32(42)41(20,7)51)9-10-24-38(4)14-13-25(37(2,3)23(38)12-15-40(24,39)6)54-35-31(28(46)27(45)30(55-35)33(48)52-8)56-34-29(47)26(44)22(43)19-53-34/h9,20,22-32,34-35,43-47,51H,10-19H2,1-8H3,(H,49,50)/t20-,22+,23+,24-,25+,26+,27+,28+,29-,30+,31-,32-,34+,35-,38+,39-,40-,41-,42+/m1/s1. The summed E-state index contributed by atoms with van der Waals surface area (Å²) < 4.78 is 29.1. The third-order valence-corrected chi connectivity index (χ3v) is 17.4. The van der Waals surface area contributed by atoms with E-state index in [9.17, 15) is 45.3 Å². The van der Waals surface area contributed by atoms with Crippen LogP contribution in [-0.4, -0.2) is 128 Å². The lowest BCUT2D eigenvalue weighted by Gasteiger charge is -2.72. The summed E-state index contributed by atoms with van der Waals surface area (Å²) in [4.78, 5) is 25.9. The third kappa shape index (κ3) is 5.93. The number of esters is 1. The summed E-state index contributed by atoms with van der Waals surface area (Å²) >= 11 is 0. The molecule has 0 bridgehead atoms. The number of carbonyl (C=O) groups is 2. The van der Waals surface area contributed by atoms with E-state index in [1.165, 1.54) is 0 Å². The number of hydrogen-bond acceptors (Lipinski definition) is 13. The van der Waals surface area contributed by atoms with Crippen LogP contribution >= 0.6 is 0 Å². The van der Waals surface area contributed by atoms with Crippen molar-refractivity contribution < 1.29 is 69.0 Å². The van der Waals surface area contributed by atoms with E-state index in [4.69, 9.17) is 23.7 Å². The van der Waals surface area contributed by atoms with E-state index in [0.717, 1.165) is 44.8 Å². The molecule has 0 aromatic heterocycles. The van der Waals surface area contributed by atoms with Crippen LogP contribution in [0.3, 0.4) is 0 Å². The predicted molar refractivity (Wildman–Crippen MR) is 198 cm³/mol. The lowest BCUT2D eigenvalue weighted by Crippen LogP contribution is -2.68. The zero-order valence-electron chi connectivity index (χ0n) is 34.2. The first-order valence-electron chi connectivity index (χ1n) is 20.8. The zero-order valence-corrected chi connectivity index (χ0v) is 34.2. The maximum Gasteiger partial charge on any atom is 0.337 e. The van der Waals surface area contributed by atoms with Crippen LogP contribution in [0.15, 0.2) is 11.6 Å². The number of aliphatic carboxylic acids is 1. The molecule has 0 aromatic carbocycles. The largest absolute Gasteiger partial charge is 0.481 e. The number of carboxylic acid groups (broad SMARTS) is 1. The molecule has 0 amide bonds. The second kappa shape index (κ2) is 14.2. The molecule has 2 saturated heterocycles. The number of ether oxygens (including phenoxy) is 5. The molecular weight excluding hydrogens is 728 g/mol. The van der Waals surface area contributed by atoms with Crippen molar-refractivity contribution in [3.8, 4) is 0 Å². The van der Waals surface area contributed by atoms with Crippen molar-refractivity contribution >= 4 is 11.9 Å². The fourth-order valence-corrected chi connectivity index (χ4v) is 13.7. The van der Waals surface area contributed by atoms with Crippen LogP contribution in [0, 0.1) is 50.7 Å². The fourth-order valence-electron chi connectivity index (χ4n) is 13.7. The SMILES string of the molecule is COC(=O)[C@H]1O[C@@H](O[C@H]2CC[C@]3(C)[C@H]4CC=C5[C@H]6[C@](C(=O)O)(CC[C@@H](C)[C@@]6(C)O)CC[C@@]5(C)[C@]4(C)CC[C@H]3C2(C)C)[C@H](O[C@@H]2OC[C@H](O)[C@H](O)[C@H]2O)[C@@H](O)[C@@H]1O. The number of hydrogen-bond donors (Lipinski definition) is 7. The monoisotopic (exact) mass is 794 g/mol. The van der Waals surface area contributed by atoms with Gasteiger partial charge in [0.25, 0.3) is 0 Å². The molecule has 0 aromatic rings. The molecular formula is C42H66O14. The van der Waals surface area contributed by atoms with E-state index in [0.29, 0.717) is 25.7 Å². The van der Waals surface area contributed by atoms with E-state index in [2.05, 4.69) is 40.7 Å². The molecule has 6 fully saturated rings. The molecule has 56 heavy (non-hydrogen) atoms. The molecule has 5 aliphatic carbocycles. The maximum atomic E-state index is 13.1. The van der Waals surface area contributed by atoms with E-state index >= 15 is 0 Å². The van der Waals surface area contributed by atoms with Gasteiger partial charge in [-0.25, -0.2) is 4.79 Å². The van der Waals surface area contributed by atoms with Gasteiger partial charge in [0.2, 0.25) is 0 Å². The van der Waals surface area contributed by atoms with Gasteiger partial charge < -0.3 is 59.4 Å². The molecule has 2 aliphatic heterocycles. The van der Waals surface area contributed by atoms with Crippen LogP contribution in [0.1, 0.15) is 106 Å². The number of carboxylic acids is 1. The highest BCUT2D eigenvalue weighted by Crippen LogP contribution is 2.76. The van der Waals surface area contributed by atoms with Crippen LogP contribution < -0.4 is 0 Å². The third-order valence-electron chi connectivity index (χ3n) is 17.4. The van der Waals surface area contributed by atoms with Crippen LogP contribution in [0.5, 0.6) is 0 Å². The summed E-state index contributed by atoms with van der Waals surface area (Å²) in [6.07, 6.45) is -5.77. The lowest BCUT2D eigenvalue weighted by molar-refractivity contribution is -0.366. The molecule has 4 saturated carbocycles. The number of aliphatic hydroxyl groups is 6. The van der Waals surface area contributed by atoms with E-state index in [-0.39, 0.29) is 40.6 Å². The van der Waals surface area contributed by atoms with Crippen LogP contribution in [0.25, 0.3) is 0 Å². The molecule has 2 heterocycles. The number of methoxy groups -OCH3 is 1. The van der Waals surface area contributed by atoms with Gasteiger partial charge in [-0.05, 0) is 104 Å². The Bertz CT molecular complexity index is 1560. The van der Waals surface area contributed by atoms with Gasteiger partial charge in [0, 0.05) is 5.92 Å². The quantitative estimate of drug-likeness (QED) is 0.117. The second-order valence-electron chi connectivity index (χ2n) is 20.1. The Balaban J connectivity index is 1.17. The molecule has 0 radical (unpaired) electrons. The Morgan fingerprint density at radius 1 is 0.804 bits per heavy atom. The van der Waals surface area contributed by atoms with Crippen molar-refractivity contribution in [3.05, 3.63) is 11.6 Å². The summed E-state index contributed by atoms with van der Waals surface area (Å²) in [5.41, 5.74) is -2.07. The number of allylic oxidation sites excluding steroid dienone is 1. The van der Waals surface area contributed by atoms with Crippen molar-refractivity contribution in [2.45, 2.75) is 173 Å². The van der Waals surface area contributed by atoms with E-state index in [1.807, 2.05) is 13.8 Å². The molecule has 14 heteroatoms. The summed E-state index contributed by atoms with van der Waals surface area (Å²) in [5, 5.41) is 76.2. The Morgan fingerprint density at radius 3 is 2.16 bits per heavy atom. The first-order chi connectivity index (χ1) is 26.0. The van der Waals surface area contributed by atoms with Crippen LogP contribution in [0.2, 0.25) is 0 Å². The van der Waals surface area contributed by atoms with Crippen LogP contribution in [0.4, 0.5) is 0 Å². The van der Waals surface area contributed by atoms with E-state index in [1.54, 1.807) is 0 Å². The molecule has 0 unspecified atom stereocenters. The first-order valence-corrected chi connectivity index (χ1v) is 20.8. The van der Waals surface area contributed by atoms with Gasteiger partial charge in [-0.15, -0.1) is 0 Å². The minimum absolute atomic E-state index is 0.0248. The molecule has 7 rings (SSSR count). The van der Waals surface area contributed by atoms with Crippen molar-refractivity contribution in [1.29, 1.82) is 0 Å². The number of fused-ring (bicyclic) bond motifs is 7. The molecule has 7 N–H and O–H groups in total. The highest BCUT2D eigenvalue weighted by atomic mass is 16.8. The second-order valence-corrected chi connectivity index (χ2v) is 20.1. The fraction of sp³-hybridized carbons (Fsp3) is 0.905. The minimum Gasteiger partial charge on any atom is -0.481 e. The smallest absolute Gasteiger partial charge is 0.337 e. The Morgan fingerprint density at radius 2 is 1.50 bits per heavy atom. The summed E-state index contributed by atoms with van der Waals surface area (Å²) in [5.74, 6) is -1.76.